The number of unbranched alkanes of at least 4 members (excludes halogenated alkanes) is 2. The fourth-order valence-corrected chi connectivity index (χ4v) is 5.76. The van der Waals surface area contributed by atoms with E-state index in [1.807, 2.05) is 0 Å². The smallest absolute Gasteiger partial charge is 0.240 e. The molecule has 4 fully saturated rings. The van der Waals surface area contributed by atoms with Crippen LogP contribution in [0.2, 0.25) is 0 Å². The van der Waals surface area contributed by atoms with Crippen LogP contribution in [0.25, 0.3) is 0 Å². The predicted molar refractivity (Wildman–Crippen MR) is 90.6 cm³/mol. The summed E-state index contributed by atoms with van der Waals surface area (Å²) < 4.78 is 0. The van der Waals surface area contributed by atoms with Crippen molar-refractivity contribution in [1.29, 1.82) is 0 Å². The summed E-state index contributed by atoms with van der Waals surface area (Å²) in [5, 5.41) is 4.63. The first-order chi connectivity index (χ1) is 10.6. The highest BCUT2D eigenvalue weighted by molar-refractivity contribution is 5.91. The monoisotopic (exact) mass is 304 g/mol. The largest absolute Gasteiger partial charge is 0.273 e. The molecule has 4 bridgehead atoms. The van der Waals surface area contributed by atoms with Gasteiger partial charge in [-0.25, -0.2) is 5.43 Å². The fourth-order valence-electron chi connectivity index (χ4n) is 5.76. The average Bonchev–Trinajstić information content (AvgIpc) is 2.46. The number of rotatable bonds is 7. The number of carbonyl (C=O) groups is 1. The number of hydrogen-bond donors (Lipinski definition) is 1. The van der Waals surface area contributed by atoms with Crippen LogP contribution >= 0.6 is 0 Å². The normalized spacial score (nSPS) is 36.6. The zero-order valence-electron chi connectivity index (χ0n) is 14.4. The lowest BCUT2D eigenvalue weighted by molar-refractivity contribution is -0.121. The minimum atomic E-state index is 0.101. The van der Waals surface area contributed by atoms with E-state index in [0.717, 1.165) is 43.4 Å². The van der Waals surface area contributed by atoms with Crippen LogP contribution in [0.4, 0.5) is 0 Å². The van der Waals surface area contributed by atoms with E-state index in [-0.39, 0.29) is 5.91 Å². The number of amides is 1. The summed E-state index contributed by atoms with van der Waals surface area (Å²) in [6.07, 6.45) is 13.2. The van der Waals surface area contributed by atoms with Crippen LogP contribution in [0.5, 0.6) is 0 Å². The molecule has 0 aromatic carbocycles. The third kappa shape index (κ3) is 3.23. The van der Waals surface area contributed by atoms with Crippen molar-refractivity contribution in [3.63, 3.8) is 0 Å². The van der Waals surface area contributed by atoms with Crippen molar-refractivity contribution in [2.24, 2.45) is 28.3 Å². The Labute approximate surface area is 135 Å². The molecule has 0 radical (unpaired) electrons. The summed E-state index contributed by atoms with van der Waals surface area (Å²) in [4.78, 5) is 11.9. The van der Waals surface area contributed by atoms with Crippen molar-refractivity contribution in [3.05, 3.63) is 0 Å². The van der Waals surface area contributed by atoms with Crippen molar-refractivity contribution in [1.82, 2.24) is 5.43 Å². The second-order valence-electron chi connectivity index (χ2n) is 8.10. The van der Waals surface area contributed by atoms with E-state index < -0.39 is 0 Å². The van der Waals surface area contributed by atoms with Gasteiger partial charge in [-0.1, -0.05) is 26.7 Å². The molecule has 0 spiro atoms. The van der Waals surface area contributed by atoms with Gasteiger partial charge in [0, 0.05) is 17.5 Å². The number of nitrogens with zero attached hydrogens (tertiary/aromatic N) is 1. The lowest BCUT2D eigenvalue weighted by Crippen LogP contribution is -2.50. The van der Waals surface area contributed by atoms with Crippen molar-refractivity contribution in [3.8, 4) is 0 Å². The molecule has 4 saturated carbocycles. The van der Waals surface area contributed by atoms with Gasteiger partial charge in [0.15, 0.2) is 0 Å². The first-order valence-electron chi connectivity index (χ1n) is 9.51. The standard InChI is InChI=1S/C19H32N2O/c1-3-5-6-7-18(22)21-20-17(4-2)19-11-14-8-15(12-19)10-16(9-14)13-19/h14-16H,3-13H2,1-2H3,(H,21,22)/b20-17+. The molecule has 3 heteroatoms. The van der Waals surface area contributed by atoms with Gasteiger partial charge in [-0.2, -0.15) is 5.10 Å². The van der Waals surface area contributed by atoms with Gasteiger partial charge in [-0.3, -0.25) is 4.79 Å². The maximum Gasteiger partial charge on any atom is 0.240 e. The van der Waals surface area contributed by atoms with Crippen molar-refractivity contribution in [2.45, 2.75) is 84.5 Å². The molecule has 0 aromatic heterocycles. The summed E-state index contributed by atoms with van der Waals surface area (Å²) in [7, 11) is 0. The molecule has 0 aromatic rings. The first kappa shape index (κ1) is 16.0. The Kier molecular flexibility index (Phi) is 4.89. The molecule has 4 rings (SSSR count). The first-order valence-corrected chi connectivity index (χ1v) is 9.51. The summed E-state index contributed by atoms with van der Waals surface area (Å²) in [6, 6.07) is 0. The lowest BCUT2D eigenvalue weighted by Gasteiger charge is -2.57. The molecule has 124 valence electrons. The number of nitrogens with one attached hydrogen (secondary N) is 1. The second-order valence-corrected chi connectivity index (χ2v) is 8.10. The topological polar surface area (TPSA) is 41.5 Å². The van der Waals surface area contributed by atoms with Gasteiger partial charge >= 0.3 is 0 Å². The minimum Gasteiger partial charge on any atom is -0.273 e. The highest BCUT2D eigenvalue weighted by Gasteiger charge is 2.52. The average molecular weight is 304 g/mol. The summed E-state index contributed by atoms with van der Waals surface area (Å²) in [5.74, 6) is 2.90. The Morgan fingerprint density at radius 2 is 1.64 bits per heavy atom. The van der Waals surface area contributed by atoms with Gasteiger partial charge in [0.1, 0.15) is 0 Å². The Morgan fingerprint density at radius 3 is 2.14 bits per heavy atom. The highest BCUT2D eigenvalue weighted by atomic mass is 16.2. The van der Waals surface area contributed by atoms with Crippen molar-refractivity contribution < 1.29 is 4.79 Å². The third-order valence-electron chi connectivity index (χ3n) is 6.31. The van der Waals surface area contributed by atoms with Crippen LogP contribution in [0, 0.1) is 23.2 Å². The summed E-state index contributed by atoms with van der Waals surface area (Å²) in [5.41, 5.74) is 4.49. The van der Waals surface area contributed by atoms with Gasteiger partial charge < -0.3 is 0 Å². The highest BCUT2D eigenvalue weighted by Crippen LogP contribution is 2.60. The number of carbonyl (C=O) groups excluding carboxylic acids is 1. The van der Waals surface area contributed by atoms with Crippen LogP contribution in [-0.4, -0.2) is 11.6 Å². The Morgan fingerprint density at radius 1 is 1.05 bits per heavy atom. The Hall–Kier alpha value is -0.860. The molecule has 0 heterocycles. The summed E-state index contributed by atoms with van der Waals surface area (Å²) >= 11 is 0. The number of hydrazone groups is 1. The molecule has 1 amide bonds. The van der Waals surface area contributed by atoms with Gasteiger partial charge in [0.25, 0.3) is 0 Å². The van der Waals surface area contributed by atoms with E-state index in [1.54, 1.807) is 0 Å². The maximum atomic E-state index is 11.9. The Bertz CT molecular complexity index is 405. The Balaban J connectivity index is 1.63. The molecular weight excluding hydrogens is 272 g/mol. The van der Waals surface area contributed by atoms with E-state index in [9.17, 15) is 4.79 Å². The quantitative estimate of drug-likeness (QED) is 0.414. The van der Waals surface area contributed by atoms with Gasteiger partial charge in [-0.05, 0) is 69.1 Å². The van der Waals surface area contributed by atoms with E-state index in [0.29, 0.717) is 11.8 Å². The molecule has 0 atom stereocenters. The zero-order chi connectivity index (χ0) is 15.6. The van der Waals surface area contributed by atoms with Crippen LogP contribution in [0.1, 0.15) is 84.5 Å². The van der Waals surface area contributed by atoms with E-state index in [1.165, 1.54) is 44.2 Å². The number of hydrogen-bond acceptors (Lipinski definition) is 2. The van der Waals surface area contributed by atoms with Gasteiger partial charge in [0.05, 0.1) is 0 Å². The van der Waals surface area contributed by atoms with Crippen molar-refractivity contribution >= 4 is 11.6 Å². The SMILES string of the molecule is CCCCCC(=O)N/N=C(\CC)C12CC3CC(CC(C3)C1)C2. The van der Waals surface area contributed by atoms with E-state index in [4.69, 9.17) is 0 Å². The van der Waals surface area contributed by atoms with E-state index in [2.05, 4.69) is 24.4 Å². The van der Waals surface area contributed by atoms with Crippen LogP contribution in [-0.2, 0) is 4.79 Å². The molecule has 1 N–H and O–H groups in total. The zero-order valence-corrected chi connectivity index (χ0v) is 14.4. The molecule has 0 aliphatic heterocycles. The van der Waals surface area contributed by atoms with Crippen LogP contribution in [0.15, 0.2) is 5.10 Å². The molecular formula is C19H32N2O. The fraction of sp³-hybridized carbons (Fsp3) is 0.895. The summed E-state index contributed by atoms with van der Waals surface area (Å²) in [6.45, 7) is 4.37. The third-order valence-corrected chi connectivity index (χ3v) is 6.31. The van der Waals surface area contributed by atoms with Crippen LogP contribution in [0.3, 0.4) is 0 Å². The predicted octanol–water partition coefficient (Wildman–Crippen LogP) is 4.67. The molecule has 0 saturated heterocycles. The maximum absolute atomic E-state index is 11.9. The van der Waals surface area contributed by atoms with Crippen molar-refractivity contribution in [2.75, 3.05) is 0 Å². The van der Waals surface area contributed by atoms with E-state index >= 15 is 0 Å². The molecule has 4 aliphatic carbocycles. The molecule has 22 heavy (non-hydrogen) atoms. The minimum absolute atomic E-state index is 0.101. The molecule has 3 nitrogen and oxygen atoms in total. The second kappa shape index (κ2) is 6.72. The lowest BCUT2D eigenvalue weighted by atomic mass is 9.48. The van der Waals surface area contributed by atoms with Crippen LogP contribution < -0.4 is 5.43 Å². The van der Waals surface area contributed by atoms with Gasteiger partial charge in [0.2, 0.25) is 5.91 Å². The molecule has 0 unspecified atom stereocenters. The molecule has 4 aliphatic rings. The van der Waals surface area contributed by atoms with Gasteiger partial charge in [-0.15, -0.1) is 0 Å².